The van der Waals surface area contributed by atoms with Gasteiger partial charge in [0, 0.05) is 30.4 Å². The molecule has 1 aromatic rings. The van der Waals surface area contributed by atoms with Crippen molar-refractivity contribution in [1.82, 2.24) is 0 Å². The summed E-state index contributed by atoms with van der Waals surface area (Å²) in [5, 5.41) is 19.1. The third kappa shape index (κ3) is 2.81. The highest BCUT2D eigenvalue weighted by Gasteiger charge is 2.21. The molecule has 0 amide bonds. The van der Waals surface area contributed by atoms with Gasteiger partial charge < -0.3 is 19.8 Å². The molecule has 0 aliphatic carbocycles. The number of carboxylic acids is 1. The molecule has 2 N–H and O–H groups in total. The Hall–Kier alpha value is -1.75. The number of carboxylic acid groups (broad SMARTS) is 1. The van der Waals surface area contributed by atoms with Gasteiger partial charge in [-0.2, -0.15) is 0 Å². The Morgan fingerprint density at radius 2 is 2.00 bits per heavy atom. The molecule has 2 rings (SSSR count). The zero-order chi connectivity index (χ0) is 14.0. The van der Waals surface area contributed by atoms with E-state index in [1.165, 1.54) is 0 Å². The number of ether oxygens (including phenoxy) is 1. The fourth-order valence-electron chi connectivity index (χ4n) is 2.33. The third-order valence-corrected chi connectivity index (χ3v) is 3.53. The van der Waals surface area contributed by atoms with Crippen LogP contribution in [0.3, 0.4) is 0 Å². The highest BCUT2D eigenvalue weighted by atomic mass is 16.5. The molecule has 1 aliphatic rings. The molecule has 0 bridgehead atoms. The Bertz CT molecular complexity index is 481. The maximum Gasteiger partial charge on any atom is 0.310 e. The standard InChI is InChI=1S/C14H19NO4/c1-9-7-11(10(2)14(17)18)13(16)8-12(9)15-3-5-19-6-4-15/h7-8,10,16H,3-6H2,1-2H3,(H,17,18). The van der Waals surface area contributed by atoms with Crippen molar-refractivity contribution in [2.75, 3.05) is 31.2 Å². The molecule has 5 nitrogen and oxygen atoms in total. The lowest BCUT2D eigenvalue weighted by molar-refractivity contribution is -0.138. The number of morpholine rings is 1. The SMILES string of the molecule is Cc1cc(C(C)C(=O)O)c(O)cc1N1CCOCC1. The Balaban J connectivity index is 2.33. The van der Waals surface area contributed by atoms with Crippen LogP contribution in [-0.4, -0.2) is 42.5 Å². The maximum absolute atomic E-state index is 11.0. The summed E-state index contributed by atoms with van der Waals surface area (Å²) in [7, 11) is 0. The van der Waals surface area contributed by atoms with Crippen LogP contribution in [0.1, 0.15) is 24.0 Å². The molecule has 0 saturated carbocycles. The van der Waals surface area contributed by atoms with Crippen LogP contribution in [0, 0.1) is 6.92 Å². The minimum Gasteiger partial charge on any atom is -0.508 e. The van der Waals surface area contributed by atoms with E-state index in [-0.39, 0.29) is 5.75 Å². The zero-order valence-corrected chi connectivity index (χ0v) is 11.2. The highest BCUT2D eigenvalue weighted by molar-refractivity contribution is 5.77. The van der Waals surface area contributed by atoms with E-state index in [2.05, 4.69) is 4.90 Å². The van der Waals surface area contributed by atoms with Crippen LogP contribution in [-0.2, 0) is 9.53 Å². The summed E-state index contributed by atoms with van der Waals surface area (Å²) in [6, 6.07) is 3.42. The van der Waals surface area contributed by atoms with Gasteiger partial charge in [0.2, 0.25) is 0 Å². The fourth-order valence-corrected chi connectivity index (χ4v) is 2.33. The normalized spacial score (nSPS) is 17.3. The number of phenols is 1. The molecule has 1 aromatic carbocycles. The third-order valence-electron chi connectivity index (χ3n) is 3.53. The average molecular weight is 265 g/mol. The predicted molar refractivity (Wildman–Crippen MR) is 71.9 cm³/mol. The van der Waals surface area contributed by atoms with Gasteiger partial charge in [0.1, 0.15) is 5.75 Å². The van der Waals surface area contributed by atoms with E-state index < -0.39 is 11.9 Å². The van der Waals surface area contributed by atoms with Crippen molar-refractivity contribution in [2.45, 2.75) is 19.8 Å². The summed E-state index contributed by atoms with van der Waals surface area (Å²) >= 11 is 0. The number of phenolic OH excluding ortho intramolecular Hbond substituents is 1. The van der Waals surface area contributed by atoms with Gasteiger partial charge in [-0.3, -0.25) is 4.79 Å². The van der Waals surface area contributed by atoms with Crippen LogP contribution in [0.4, 0.5) is 5.69 Å². The molecule has 104 valence electrons. The lowest BCUT2D eigenvalue weighted by atomic mass is 9.97. The summed E-state index contributed by atoms with van der Waals surface area (Å²) in [4.78, 5) is 13.2. The lowest BCUT2D eigenvalue weighted by Gasteiger charge is -2.30. The van der Waals surface area contributed by atoms with Gasteiger partial charge in [-0.15, -0.1) is 0 Å². The largest absolute Gasteiger partial charge is 0.508 e. The minimum absolute atomic E-state index is 0.0435. The summed E-state index contributed by atoms with van der Waals surface area (Å²) in [6.07, 6.45) is 0. The van der Waals surface area contributed by atoms with Crippen molar-refractivity contribution in [3.8, 4) is 5.75 Å². The molecule has 1 aliphatic heterocycles. The van der Waals surface area contributed by atoms with E-state index in [1.807, 2.05) is 6.92 Å². The van der Waals surface area contributed by atoms with Crippen LogP contribution >= 0.6 is 0 Å². The number of nitrogens with zero attached hydrogens (tertiary/aromatic N) is 1. The van der Waals surface area contributed by atoms with Crippen LogP contribution in [0.2, 0.25) is 0 Å². The first-order valence-corrected chi connectivity index (χ1v) is 6.39. The van der Waals surface area contributed by atoms with Crippen molar-refractivity contribution in [3.63, 3.8) is 0 Å². The summed E-state index contributed by atoms with van der Waals surface area (Å²) < 4.78 is 5.30. The number of hydrogen-bond acceptors (Lipinski definition) is 4. The highest BCUT2D eigenvalue weighted by Crippen LogP contribution is 2.33. The molecule has 1 fully saturated rings. The molecule has 1 atom stereocenters. The second-order valence-electron chi connectivity index (χ2n) is 4.86. The zero-order valence-electron chi connectivity index (χ0n) is 11.2. The summed E-state index contributed by atoms with van der Waals surface area (Å²) in [5.74, 6) is -1.60. The van der Waals surface area contributed by atoms with Crippen molar-refractivity contribution in [2.24, 2.45) is 0 Å². The molecule has 0 spiro atoms. The second-order valence-corrected chi connectivity index (χ2v) is 4.86. The van der Waals surface area contributed by atoms with E-state index in [9.17, 15) is 9.90 Å². The van der Waals surface area contributed by atoms with Gasteiger partial charge in [0.15, 0.2) is 0 Å². The van der Waals surface area contributed by atoms with E-state index in [4.69, 9.17) is 9.84 Å². The molecular formula is C14H19NO4. The molecule has 0 radical (unpaired) electrons. The molecule has 0 aromatic heterocycles. The van der Waals surface area contributed by atoms with E-state index in [1.54, 1.807) is 19.1 Å². The van der Waals surface area contributed by atoms with Crippen LogP contribution < -0.4 is 4.90 Å². The van der Waals surface area contributed by atoms with E-state index >= 15 is 0 Å². The van der Waals surface area contributed by atoms with Gasteiger partial charge in [-0.05, 0) is 25.5 Å². The molecule has 5 heteroatoms. The second kappa shape index (κ2) is 5.48. The van der Waals surface area contributed by atoms with E-state index in [0.29, 0.717) is 18.8 Å². The number of aliphatic carboxylic acids is 1. The van der Waals surface area contributed by atoms with E-state index in [0.717, 1.165) is 24.3 Å². The van der Waals surface area contributed by atoms with Gasteiger partial charge in [-0.25, -0.2) is 0 Å². The van der Waals surface area contributed by atoms with Crippen LogP contribution in [0.15, 0.2) is 12.1 Å². The summed E-state index contributed by atoms with van der Waals surface area (Å²) in [5.41, 5.74) is 2.38. The molecule has 1 unspecified atom stereocenters. The Kier molecular flexibility index (Phi) is 3.95. The Labute approximate surface area is 112 Å². The number of hydrogen-bond donors (Lipinski definition) is 2. The number of benzene rings is 1. The molecule has 1 saturated heterocycles. The lowest BCUT2D eigenvalue weighted by Crippen LogP contribution is -2.36. The smallest absolute Gasteiger partial charge is 0.310 e. The number of aromatic hydroxyl groups is 1. The van der Waals surface area contributed by atoms with Crippen molar-refractivity contribution in [1.29, 1.82) is 0 Å². The molecule has 19 heavy (non-hydrogen) atoms. The Morgan fingerprint density at radius 1 is 1.37 bits per heavy atom. The fraction of sp³-hybridized carbons (Fsp3) is 0.500. The summed E-state index contributed by atoms with van der Waals surface area (Å²) in [6.45, 7) is 6.43. The van der Waals surface area contributed by atoms with Crippen molar-refractivity contribution in [3.05, 3.63) is 23.3 Å². The van der Waals surface area contributed by atoms with Crippen molar-refractivity contribution < 1.29 is 19.7 Å². The molecular weight excluding hydrogens is 246 g/mol. The van der Waals surface area contributed by atoms with Crippen LogP contribution in [0.25, 0.3) is 0 Å². The topological polar surface area (TPSA) is 70.0 Å². The maximum atomic E-state index is 11.0. The van der Waals surface area contributed by atoms with Gasteiger partial charge >= 0.3 is 5.97 Å². The minimum atomic E-state index is -0.936. The number of carbonyl (C=O) groups is 1. The molecule has 1 heterocycles. The predicted octanol–water partition coefficient (Wildman–Crippen LogP) is 1.73. The van der Waals surface area contributed by atoms with Crippen LogP contribution in [0.5, 0.6) is 5.75 Å². The van der Waals surface area contributed by atoms with Crippen molar-refractivity contribution >= 4 is 11.7 Å². The first-order valence-electron chi connectivity index (χ1n) is 6.39. The average Bonchev–Trinajstić information content (AvgIpc) is 2.41. The number of rotatable bonds is 3. The quantitative estimate of drug-likeness (QED) is 0.871. The Morgan fingerprint density at radius 3 is 2.58 bits per heavy atom. The van der Waals surface area contributed by atoms with Gasteiger partial charge in [-0.1, -0.05) is 0 Å². The van der Waals surface area contributed by atoms with Gasteiger partial charge in [0.25, 0.3) is 0 Å². The monoisotopic (exact) mass is 265 g/mol. The number of aryl methyl sites for hydroxylation is 1. The number of anilines is 1. The van der Waals surface area contributed by atoms with Gasteiger partial charge in [0.05, 0.1) is 19.1 Å². The first kappa shape index (κ1) is 13.7. The first-order chi connectivity index (χ1) is 9.00.